The zero-order chi connectivity index (χ0) is 13.7. The summed E-state index contributed by atoms with van der Waals surface area (Å²) in [5.41, 5.74) is 3.64. The van der Waals surface area contributed by atoms with Gasteiger partial charge in [-0.15, -0.1) is 0 Å². The van der Waals surface area contributed by atoms with Crippen LogP contribution in [0.5, 0.6) is 5.75 Å². The molecule has 5 nitrogen and oxygen atoms in total. The van der Waals surface area contributed by atoms with Gasteiger partial charge in [-0.25, -0.2) is 10.8 Å². The van der Waals surface area contributed by atoms with E-state index in [9.17, 15) is 0 Å². The summed E-state index contributed by atoms with van der Waals surface area (Å²) in [5, 5.41) is 0. The van der Waals surface area contributed by atoms with Crippen molar-refractivity contribution in [2.75, 3.05) is 19.1 Å². The van der Waals surface area contributed by atoms with Gasteiger partial charge in [0.1, 0.15) is 5.75 Å². The predicted octanol–water partition coefficient (Wildman–Crippen LogP) is 1.89. The van der Waals surface area contributed by atoms with Crippen molar-refractivity contribution in [3.05, 3.63) is 24.3 Å². The molecule has 1 fully saturated rings. The molecule has 2 rings (SSSR count). The summed E-state index contributed by atoms with van der Waals surface area (Å²) in [6, 6.07) is 8.21. The normalized spacial score (nSPS) is 16.5. The quantitative estimate of drug-likeness (QED) is 0.378. The minimum Gasteiger partial charge on any atom is -0.495 e. The number of benzene rings is 1. The summed E-state index contributed by atoms with van der Waals surface area (Å²) in [4.78, 5) is 6.62. The van der Waals surface area contributed by atoms with Gasteiger partial charge in [0.25, 0.3) is 0 Å². The van der Waals surface area contributed by atoms with E-state index >= 15 is 0 Å². The number of aliphatic imine (C=N–C) groups is 1. The standard InChI is InChI=1S/C14H22N4O/c1-18(12-9-5-6-10-13(12)19-2)14(17-15)16-11-7-3-4-8-11/h5-6,9-11H,3-4,7-8,15H2,1-2H3,(H,16,17). The lowest BCUT2D eigenvalue weighted by molar-refractivity contribution is 0.416. The molecular formula is C14H22N4O. The molecule has 0 amide bonds. The third-order valence-electron chi connectivity index (χ3n) is 3.52. The molecule has 1 aliphatic rings. The number of nitrogens with one attached hydrogen (secondary N) is 1. The summed E-state index contributed by atoms with van der Waals surface area (Å²) in [5.74, 6) is 7.10. The second-order valence-electron chi connectivity index (χ2n) is 4.77. The van der Waals surface area contributed by atoms with Crippen molar-refractivity contribution in [1.82, 2.24) is 5.43 Å². The van der Waals surface area contributed by atoms with Gasteiger partial charge < -0.3 is 9.64 Å². The molecule has 0 aliphatic heterocycles. The Balaban J connectivity index is 2.22. The highest BCUT2D eigenvalue weighted by Gasteiger charge is 2.18. The van der Waals surface area contributed by atoms with Crippen molar-refractivity contribution >= 4 is 11.6 Å². The first-order valence-corrected chi connectivity index (χ1v) is 6.67. The number of hydrogen-bond acceptors (Lipinski definition) is 3. The molecule has 0 atom stereocenters. The molecule has 1 aromatic carbocycles. The van der Waals surface area contributed by atoms with Crippen LogP contribution in [-0.2, 0) is 0 Å². The molecule has 0 unspecified atom stereocenters. The molecular weight excluding hydrogens is 240 g/mol. The molecule has 19 heavy (non-hydrogen) atoms. The summed E-state index contributed by atoms with van der Waals surface area (Å²) in [7, 11) is 3.60. The third kappa shape index (κ3) is 3.17. The first-order valence-electron chi connectivity index (χ1n) is 6.67. The van der Waals surface area contributed by atoms with E-state index in [1.807, 2.05) is 36.2 Å². The number of anilines is 1. The monoisotopic (exact) mass is 262 g/mol. The fourth-order valence-corrected chi connectivity index (χ4v) is 2.45. The Morgan fingerprint density at radius 3 is 2.68 bits per heavy atom. The number of nitrogens with two attached hydrogens (primary N) is 1. The third-order valence-corrected chi connectivity index (χ3v) is 3.52. The van der Waals surface area contributed by atoms with Gasteiger partial charge in [-0.3, -0.25) is 5.43 Å². The summed E-state index contributed by atoms with van der Waals surface area (Å²) >= 11 is 0. The van der Waals surface area contributed by atoms with Gasteiger partial charge in [-0.05, 0) is 25.0 Å². The Hall–Kier alpha value is -1.75. The van der Waals surface area contributed by atoms with Crippen LogP contribution >= 0.6 is 0 Å². The zero-order valence-corrected chi connectivity index (χ0v) is 11.6. The molecule has 0 aromatic heterocycles. The van der Waals surface area contributed by atoms with Crippen LogP contribution in [-0.4, -0.2) is 26.2 Å². The van der Waals surface area contributed by atoms with Gasteiger partial charge in [0.05, 0.1) is 18.8 Å². The fourth-order valence-electron chi connectivity index (χ4n) is 2.45. The SMILES string of the molecule is COc1ccccc1N(C)C(=NC1CCCC1)NN. The topological polar surface area (TPSA) is 62.9 Å². The molecule has 5 heteroatoms. The summed E-state index contributed by atoms with van der Waals surface area (Å²) in [6.07, 6.45) is 4.80. The number of para-hydroxylation sites is 2. The van der Waals surface area contributed by atoms with E-state index in [1.54, 1.807) is 7.11 Å². The van der Waals surface area contributed by atoms with Gasteiger partial charge in [-0.1, -0.05) is 25.0 Å². The van der Waals surface area contributed by atoms with Gasteiger partial charge in [0.2, 0.25) is 5.96 Å². The first kappa shape index (κ1) is 13.7. The van der Waals surface area contributed by atoms with Gasteiger partial charge >= 0.3 is 0 Å². The van der Waals surface area contributed by atoms with Crippen molar-refractivity contribution in [2.24, 2.45) is 10.8 Å². The zero-order valence-electron chi connectivity index (χ0n) is 11.6. The number of ether oxygens (including phenoxy) is 1. The number of hydrogen-bond donors (Lipinski definition) is 2. The average Bonchev–Trinajstić information content (AvgIpc) is 2.97. The first-order chi connectivity index (χ1) is 9.26. The number of methoxy groups -OCH3 is 1. The highest BCUT2D eigenvalue weighted by molar-refractivity contribution is 5.96. The van der Waals surface area contributed by atoms with Crippen molar-refractivity contribution in [2.45, 2.75) is 31.7 Å². The predicted molar refractivity (Wildman–Crippen MR) is 78.4 cm³/mol. The van der Waals surface area contributed by atoms with Crippen LogP contribution in [0.15, 0.2) is 29.3 Å². The van der Waals surface area contributed by atoms with Crippen molar-refractivity contribution in [1.29, 1.82) is 0 Å². The van der Waals surface area contributed by atoms with E-state index < -0.39 is 0 Å². The molecule has 1 aromatic rings. The average molecular weight is 262 g/mol. The largest absolute Gasteiger partial charge is 0.495 e. The van der Waals surface area contributed by atoms with Crippen molar-refractivity contribution in [3.63, 3.8) is 0 Å². The molecule has 0 radical (unpaired) electrons. The Morgan fingerprint density at radius 2 is 2.05 bits per heavy atom. The molecule has 1 aliphatic carbocycles. The maximum absolute atomic E-state index is 5.62. The van der Waals surface area contributed by atoms with Crippen LogP contribution in [0, 0.1) is 0 Å². The Bertz CT molecular complexity index is 441. The van der Waals surface area contributed by atoms with E-state index in [4.69, 9.17) is 15.6 Å². The van der Waals surface area contributed by atoms with E-state index in [1.165, 1.54) is 12.8 Å². The van der Waals surface area contributed by atoms with Crippen LogP contribution in [0.3, 0.4) is 0 Å². The minimum absolute atomic E-state index is 0.378. The lowest BCUT2D eigenvalue weighted by Crippen LogP contribution is -2.43. The summed E-state index contributed by atoms with van der Waals surface area (Å²) < 4.78 is 5.37. The van der Waals surface area contributed by atoms with Crippen LogP contribution in [0.4, 0.5) is 5.69 Å². The Labute approximate surface area is 114 Å². The molecule has 104 valence electrons. The number of rotatable bonds is 3. The van der Waals surface area contributed by atoms with Crippen LogP contribution < -0.4 is 20.9 Å². The van der Waals surface area contributed by atoms with Gasteiger partial charge in [0, 0.05) is 7.05 Å². The van der Waals surface area contributed by atoms with Crippen LogP contribution in [0.25, 0.3) is 0 Å². The minimum atomic E-state index is 0.378. The molecule has 1 saturated carbocycles. The van der Waals surface area contributed by atoms with Gasteiger partial charge in [-0.2, -0.15) is 0 Å². The number of guanidine groups is 1. The fraction of sp³-hybridized carbons (Fsp3) is 0.500. The Morgan fingerprint density at radius 1 is 1.37 bits per heavy atom. The van der Waals surface area contributed by atoms with E-state index in [0.29, 0.717) is 12.0 Å². The van der Waals surface area contributed by atoms with Crippen LogP contribution in [0.1, 0.15) is 25.7 Å². The molecule has 0 heterocycles. The number of nitrogens with zero attached hydrogens (tertiary/aromatic N) is 2. The molecule has 0 bridgehead atoms. The lowest BCUT2D eigenvalue weighted by atomic mass is 10.2. The molecule has 3 N–H and O–H groups in total. The van der Waals surface area contributed by atoms with E-state index in [0.717, 1.165) is 24.3 Å². The van der Waals surface area contributed by atoms with E-state index in [-0.39, 0.29) is 0 Å². The number of hydrazine groups is 1. The van der Waals surface area contributed by atoms with Crippen molar-refractivity contribution in [3.8, 4) is 5.75 Å². The lowest BCUT2D eigenvalue weighted by Gasteiger charge is -2.23. The molecule has 0 saturated heterocycles. The molecule has 0 spiro atoms. The second-order valence-corrected chi connectivity index (χ2v) is 4.77. The maximum Gasteiger partial charge on any atom is 0.213 e. The smallest absolute Gasteiger partial charge is 0.213 e. The second kappa shape index (κ2) is 6.43. The Kier molecular flexibility index (Phi) is 4.63. The van der Waals surface area contributed by atoms with Crippen LogP contribution in [0.2, 0.25) is 0 Å². The van der Waals surface area contributed by atoms with E-state index in [2.05, 4.69) is 5.43 Å². The maximum atomic E-state index is 5.62. The van der Waals surface area contributed by atoms with Crippen molar-refractivity contribution < 1.29 is 4.74 Å². The van der Waals surface area contributed by atoms with Gasteiger partial charge in [0.15, 0.2) is 0 Å². The highest BCUT2D eigenvalue weighted by Crippen LogP contribution is 2.27. The highest BCUT2D eigenvalue weighted by atomic mass is 16.5. The summed E-state index contributed by atoms with van der Waals surface area (Å²) in [6.45, 7) is 0.